The zero-order valence-corrected chi connectivity index (χ0v) is 16.6. The summed E-state index contributed by atoms with van der Waals surface area (Å²) in [7, 11) is -0.320. The normalized spacial score (nSPS) is 23.8. The monoisotopic (exact) mass is 336 g/mol. The second kappa shape index (κ2) is 5.72. The molecule has 0 N–H and O–H groups in total. The molecule has 1 fully saturated rings. The van der Waals surface area contributed by atoms with Crippen LogP contribution in [-0.2, 0) is 14.7 Å². The Bertz CT molecular complexity index is 765. The first-order valence-electron chi connectivity index (χ1n) is 9.02. The molecule has 0 spiro atoms. The highest BCUT2D eigenvalue weighted by Gasteiger charge is 2.51. The van der Waals surface area contributed by atoms with Crippen LogP contribution in [0.25, 0.3) is 5.57 Å². The van der Waals surface area contributed by atoms with E-state index in [-0.39, 0.29) is 23.7 Å². The van der Waals surface area contributed by atoms with Crippen LogP contribution in [0.5, 0.6) is 0 Å². The summed E-state index contributed by atoms with van der Waals surface area (Å²) >= 11 is 0. The van der Waals surface area contributed by atoms with Gasteiger partial charge in [0, 0.05) is 5.41 Å². The van der Waals surface area contributed by atoms with Gasteiger partial charge in [0.05, 0.1) is 11.2 Å². The molecule has 0 saturated carbocycles. The second-order valence-corrected chi connectivity index (χ2v) is 8.68. The van der Waals surface area contributed by atoms with Crippen molar-refractivity contribution in [2.75, 3.05) is 0 Å². The Morgan fingerprint density at radius 1 is 1.00 bits per heavy atom. The molecule has 3 rings (SSSR count). The van der Waals surface area contributed by atoms with Gasteiger partial charge < -0.3 is 9.31 Å². The molecule has 1 aliphatic heterocycles. The quantitative estimate of drug-likeness (QED) is 0.679. The van der Waals surface area contributed by atoms with E-state index in [1.807, 2.05) is 6.08 Å². The summed E-state index contributed by atoms with van der Waals surface area (Å²) in [4.78, 5) is 0. The summed E-state index contributed by atoms with van der Waals surface area (Å²) in [5.41, 5.74) is 5.49. The summed E-state index contributed by atoms with van der Waals surface area (Å²) in [6.45, 7) is 19.0. The van der Waals surface area contributed by atoms with Crippen LogP contribution in [0.3, 0.4) is 0 Å². The minimum Gasteiger partial charge on any atom is -0.400 e. The number of hydrogen-bond donors (Lipinski definition) is 0. The van der Waals surface area contributed by atoms with Gasteiger partial charge in [-0.05, 0) is 62.4 Å². The maximum Gasteiger partial charge on any atom is 0.490 e. The van der Waals surface area contributed by atoms with Crippen molar-refractivity contribution in [2.45, 2.75) is 65.1 Å². The van der Waals surface area contributed by atoms with Crippen molar-refractivity contribution >= 4 is 12.7 Å². The summed E-state index contributed by atoms with van der Waals surface area (Å²) in [6.07, 6.45) is 4.20. The highest BCUT2D eigenvalue weighted by molar-refractivity contribution is 6.54. The number of allylic oxidation sites excluding steroid dienone is 5. The third-order valence-electron chi connectivity index (χ3n) is 6.06. The maximum absolute atomic E-state index is 6.21. The fourth-order valence-electron chi connectivity index (χ4n) is 3.74. The Kier molecular flexibility index (Phi) is 4.17. The lowest BCUT2D eigenvalue weighted by molar-refractivity contribution is 0.00578. The molecular formula is C22H29BO2. The molecule has 1 heterocycles. The van der Waals surface area contributed by atoms with Crippen LogP contribution in [0.4, 0.5) is 0 Å². The first-order valence-corrected chi connectivity index (χ1v) is 9.02. The van der Waals surface area contributed by atoms with Crippen molar-refractivity contribution in [1.29, 1.82) is 0 Å². The standard InChI is InChI=1S/C22H29BO2/c1-9-18-17(16-12-10-11-13-19(16)20(18,3)4)14-15(2)23-24-21(5,6)22(7,8)25-23/h9-14H,1H2,2-8H3/b15-14+. The van der Waals surface area contributed by atoms with Crippen LogP contribution in [0, 0.1) is 0 Å². The molecule has 1 aromatic rings. The Morgan fingerprint density at radius 2 is 1.56 bits per heavy atom. The highest BCUT2D eigenvalue weighted by atomic mass is 16.7. The third kappa shape index (κ3) is 2.74. The molecule has 0 atom stereocenters. The van der Waals surface area contributed by atoms with Crippen molar-refractivity contribution in [3.8, 4) is 0 Å². The second-order valence-electron chi connectivity index (χ2n) is 8.68. The average molecular weight is 336 g/mol. The Labute approximate surface area is 152 Å². The van der Waals surface area contributed by atoms with E-state index >= 15 is 0 Å². The van der Waals surface area contributed by atoms with Gasteiger partial charge in [-0.1, -0.05) is 56.8 Å². The lowest BCUT2D eigenvalue weighted by atomic mass is 9.77. The molecule has 2 aliphatic rings. The Hall–Kier alpha value is -1.58. The van der Waals surface area contributed by atoms with Crippen LogP contribution in [-0.4, -0.2) is 18.3 Å². The van der Waals surface area contributed by atoms with Gasteiger partial charge in [0.2, 0.25) is 0 Å². The number of benzene rings is 1. The predicted molar refractivity (Wildman–Crippen MR) is 106 cm³/mol. The van der Waals surface area contributed by atoms with Gasteiger partial charge in [-0.25, -0.2) is 0 Å². The van der Waals surface area contributed by atoms with E-state index in [4.69, 9.17) is 9.31 Å². The van der Waals surface area contributed by atoms with Crippen molar-refractivity contribution in [1.82, 2.24) is 0 Å². The summed E-state index contributed by atoms with van der Waals surface area (Å²) in [6, 6.07) is 8.61. The van der Waals surface area contributed by atoms with Crippen LogP contribution >= 0.6 is 0 Å². The summed E-state index contributed by atoms with van der Waals surface area (Å²) in [5, 5.41) is 0. The summed E-state index contributed by atoms with van der Waals surface area (Å²) < 4.78 is 12.4. The lowest BCUT2D eigenvalue weighted by Crippen LogP contribution is -2.41. The van der Waals surface area contributed by atoms with Crippen molar-refractivity contribution in [3.63, 3.8) is 0 Å². The van der Waals surface area contributed by atoms with Gasteiger partial charge in [-0.15, -0.1) is 0 Å². The molecule has 25 heavy (non-hydrogen) atoms. The van der Waals surface area contributed by atoms with Crippen molar-refractivity contribution in [2.24, 2.45) is 0 Å². The maximum atomic E-state index is 6.21. The van der Waals surface area contributed by atoms with Crippen molar-refractivity contribution < 1.29 is 9.31 Å². The molecule has 0 aromatic heterocycles. The minimum atomic E-state index is -0.324. The smallest absolute Gasteiger partial charge is 0.400 e. The molecule has 132 valence electrons. The molecule has 3 heteroatoms. The summed E-state index contributed by atoms with van der Waals surface area (Å²) in [5.74, 6) is 0. The molecule has 1 saturated heterocycles. The first-order chi connectivity index (χ1) is 11.5. The van der Waals surface area contributed by atoms with E-state index in [0.29, 0.717) is 0 Å². The largest absolute Gasteiger partial charge is 0.490 e. The highest BCUT2D eigenvalue weighted by Crippen LogP contribution is 2.48. The number of hydrogen-bond acceptors (Lipinski definition) is 2. The van der Waals surface area contributed by atoms with Gasteiger partial charge in [-0.2, -0.15) is 0 Å². The van der Waals surface area contributed by atoms with E-state index in [1.165, 1.54) is 22.3 Å². The van der Waals surface area contributed by atoms with Crippen LogP contribution in [0.2, 0.25) is 0 Å². The molecule has 0 amide bonds. The first kappa shape index (κ1) is 18.2. The average Bonchev–Trinajstić information content (AvgIpc) is 2.87. The van der Waals surface area contributed by atoms with Crippen molar-refractivity contribution in [3.05, 3.63) is 65.2 Å². The van der Waals surface area contributed by atoms with Crippen LogP contribution < -0.4 is 0 Å². The van der Waals surface area contributed by atoms with E-state index < -0.39 is 0 Å². The predicted octanol–water partition coefficient (Wildman–Crippen LogP) is 5.50. The van der Waals surface area contributed by atoms with Gasteiger partial charge in [0.25, 0.3) is 0 Å². The Morgan fingerprint density at radius 3 is 2.12 bits per heavy atom. The number of rotatable bonds is 3. The van der Waals surface area contributed by atoms with E-state index in [9.17, 15) is 0 Å². The molecule has 1 aliphatic carbocycles. The zero-order valence-electron chi connectivity index (χ0n) is 16.6. The topological polar surface area (TPSA) is 18.5 Å². The molecule has 1 aromatic carbocycles. The minimum absolute atomic E-state index is 0.0413. The molecule has 0 bridgehead atoms. The van der Waals surface area contributed by atoms with Gasteiger partial charge in [-0.3, -0.25) is 0 Å². The SMILES string of the molecule is C=CC1=C(/C=C(\C)B2OC(C)(C)C(C)(C)O2)c2ccccc2C1(C)C. The van der Waals surface area contributed by atoms with Gasteiger partial charge in [0.15, 0.2) is 0 Å². The van der Waals surface area contributed by atoms with Gasteiger partial charge in [0.1, 0.15) is 0 Å². The zero-order chi connectivity index (χ0) is 18.6. The Balaban J connectivity index is 2.04. The lowest BCUT2D eigenvalue weighted by Gasteiger charge is -2.32. The van der Waals surface area contributed by atoms with E-state index in [1.54, 1.807) is 0 Å². The van der Waals surface area contributed by atoms with Gasteiger partial charge >= 0.3 is 7.12 Å². The van der Waals surface area contributed by atoms with E-state index in [0.717, 1.165) is 5.47 Å². The van der Waals surface area contributed by atoms with Crippen LogP contribution in [0.1, 0.15) is 59.6 Å². The molecular weight excluding hydrogens is 307 g/mol. The fourth-order valence-corrected chi connectivity index (χ4v) is 3.74. The molecule has 2 nitrogen and oxygen atoms in total. The van der Waals surface area contributed by atoms with Crippen LogP contribution in [0.15, 0.2) is 54.0 Å². The third-order valence-corrected chi connectivity index (χ3v) is 6.06. The van der Waals surface area contributed by atoms with E-state index in [2.05, 4.69) is 85.4 Å². The molecule has 0 unspecified atom stereocenters. The number of fused-ring (bicyclic) bond motifs is 1. The molecule has 0 radical (unpaired) electrons. The fraction of sp³-hybridized carbons (Fsp3) is 0.455.